The Morgan fingerprint density at radius 1 is 1.17 bits per heavy atom. The van der Waals surface area contributed by atoms with Crippen molar-refractivity contribution in [1.82, 2.24) is 19.5 Å². The number of carbonyl (C=O) groups excluding carboxylic acids is 2. The number of fused-ring (bicyclic) bond motifs is 1. The zero-order valence-corrected chi connectivity index (χ0v) is 16.4. The highest BCUT2D eigenvalue weighted by molar-refractivity contribution is 7.90. The van der Waals surface area contributed by atoms with E-state index >= 15 is 0 Å². The molecule has 0 saturated heterocycles. The summed E-state index contributed by atoms with van der Waals surface area (Å²) in [6.07, 6.45) is 2.97. The summed E-state index contributed by atoms with van der Waals surface area (Å²) in [5.74, 6) is -1.07. The lowest BCUT2D eigenvalue weighted by atomic mass is 10.1. The van der Waals surface area contributed by atoms with E-state index in [0.29, 0.717) is 23.5 Å². The van der Waals surface area contributed by atoms with E-state index in [9.17, 15) is 18.0 Å². The molecule has 1 aliphatic heterocycles. The van der Waals surface area contributed by atoms with Crippen molar-refractivity contribution in [2.24, 2.45) is 0 Å². The molecule has 2 aromatic heterocycles. The Morgan fingerprint density at radius 3 is 2.72 bits per heavy atom. The average Bonchev–Trinajstić information content (AvgIpc) is 3.39. The zero-order valence-electron chi connectivity index (χ0n) is 14.8. The molecule has 0 atom stereocenters. The largest absolute Gasteiger partial charge is 0.296 e. The minimum absolute atomic E-state index is 0.0989. The number of anilines is 1. The van der Waals surface area contributed by atoms with Crippen LogP contribution in [0.25, 0.3) is 10.7 Å². The van der Waals surface area contributed by atoms with Gasteiger partial charge in [0.15, 0.2) is 5.01 Å². The van der Waals surface area contributed by atoms with Gasteiger partial charge >= 0.3 is 0 Å². The Hall–Kier alpha value is -3.18. The van der Waals surface area contributed by atoms with Crippen LogP contribution in [-0.4, -0.2) is 45.8 Å². The van der Waals surface area contributed by atoms with Crippen molar-refractivity contribution in [3.8, 4) is 10.7 Å². The van der Waals surface area contributed by atoms with Crippen LogP contribution >= 0.6 is 11.3 Å². The van der Waals surface area contributed by atoms with Gasteiger partial charge in [0.2, 0.25) is 5.13 Å². The van der Waals surface area contributed by atoms with Gasteiger partial charge in [0.05, 0.1) is 5.56 Å². The third-order valence-corrected chi connectivity index (χ3v) is 7.36. The lowest BCUT2D eigenvalue weighted by Gasteiger charge is -2.13. The summed E-state index contributed by atoms with van der Waals surface area (Å²) in [6.45, 7) is 0. The first-order valence-corrected chi connectivity index (χ1v) is 11.0. The molecule has 1 N–H and O–H groups in total. The first-order valence-electron chi connectivity index (χ1n) is 8.74. The van der Waals surface area contributed by atoms with Crippen LogP contribution in [0.15, 0.2) is 47.5 Å². The van der Waals surface area contributed by atoms with Gasteiger partial charge in [-0.2, -0.15) is 0 Å². The van der Waals surface area contributed by atoms with Crippen molar-refractivity contribution >= 4 is 38.3 Å². The van der Waals surface area contributed by atoms with Gasteiger partial charge in [-0.25, -0.2) is 12.7 Å². The second-order valence-electron chi connectivity index (χ2n) is 6.63. The normalized spacial score (nSPS) is 17.2. The van der Waals surface area contributed by atoms with Crippen molar-refractivity contribution < 1.29 is 18.0 Å². The van der Waals surface area contributed by atoms with Crippen LogP contribution in [0.1, 0.15) is 33.6 Å². The van der Waals surface area contributed by atoms with Gasteiger partial charge < -0.3 is 0 Å². The topological polar surface area (TPSA) is 122 Å². The Kier molecular flexibility index (Phi) is 3.96. The molecular weight excluding hydrogens is 414 g/mol. The number of nitrogens with zero attached hydrogens (tertiary/aromatic N) is 4. The Labute approximate surface area is 169 Å². The highest BCUT2D eigenvalue weighted by Gasteiger charge is 2.48. The molecule has 146 valence electrons. The van der Waals surface area contributed by atoms with E-state index in [0.717, 1.165) is 15.6 Å². The van der Waals surface area contributed by atoms with E-state index in [1.807, 2.05) is 6.07 Å². The number of pyridine rings is 1. The Bertz CT molecular complexity index is 1250. The van der Waals surface area contributed by atoms with Crippen molar-refractivity contribution in [1.29, 1.82) is 0 Å². The molecule has 0 bridgehead atoms. The fourth-order valence-electron chi connectivity index (χ4n) is 3.09. The van der Waals surface area contributed by atoms with E-state index in [1.54, 1.807) is 18.3 Å². The average molecular weight is 427 g/mol. The van der Waals surface area contributed by atoms with Gasteiger partial charge in [0.1, 0.15) is 10.6 Å². The SMILES string of the molecule is O=C(Nc1nnc(-c2ccccn2)s1)c1ccc2c(c1)S(=O)(=O)N(C1CC1)C2=O. The molecule has 29 heavy (non-hydrogen) atoms. The summed E-state index contributed by atoms with van der Waals surface area (Å²) in [7, 11) is -3.92. The maximum atomic E-state index is 12.7. The maximum absolute atomic E-state index is 12.7. The molecule has 0 radical (unpaired) electrons. The molecule has 11 heteroatoms. The van der Waals surface area contributed by atoms with Crippen molar-refractivity contribution in [3.05, 3.63) is 53.7 Å². The number of hydrogen-bond acceptors (Lipinski definition) is 8. The lowest BCUT2D eigenvalue weighted by molar-refractivity contribution is 0.0864. The van der Waals surface area contributed by atoms with Crippen LogP contribution in [0.3, 0.4) is 0 Å². The highest BCUT2D eigenvalue weighted by atomic mass is 32.2. The van der Waals surface area contributed by atoms with Crippen molar-refractivity contribution in [2.45, 2.75) is 23.8 Å². The summed E-state index contributed by atoms with van der Waals surface area (Å²) in [5, 5.41) is 11.3. The predicted molar refractivity (Wildman–Crippen MR) is 104 cm³/mol. The first kappa shape index (κ1) is 17.9. The number of aromatic nitrogens is 3. The van der Waals surface area contributed by atoms with Crippen LogP contribution < -0.4 is 5.32 Å². The van der Waals surface area contributed by atoms with Gasteiger partial charge in [-0.1, -0.05) is 17.4 Å². The zero-order chi connectivity index (χ0) is 20.2. The summed E-state index contributed by atoms with van der Waals surface area (Å²) in [4.78, 5) is 29.1. The predicted octanol–water partition coefficient (Wildman–Crippen LogP) is 2.16. The fraction of sp³-hybridized carbons (Fsp3) is 0.167. The Morgan fingerprint density at radius 2 is 2.00 bits per heavy atom. The van der Waals surface area contributed by atoms with Gasteiger partial charge in [-0.15, -0.1) is 10.2 Å². The maximum Gasteiger partial charge on any atom is 0.269 e. The molecule has 0 spiro atoms. The minimum atomic E-state index is -3.92. The van der Waals surface area contributed by atoms with Crippen molar-refractivity contribution in [2.75, 3.05) is 5.32 Å². The smallest absolute Gasteiger partial charge is 0.269 e. The van der Waals surface area contributed by atoms with Gasteiger partial charge in [0, 0.05) is 17.8 Å². The molecule has 1 fully saturated rings. The number of rotatable bonds is 4. The number of amides is 2. The number of nitrogens with one attached hydrogen (secondary N) is 1. The van der Waals surface area contributed by atoms with E-state index in [-0.39, 0.29) is 27.2 Å². The Balaban J connectivity index is 1.40. The van der Waals surface area contributed by atoms with E-state index in [2.05, 4.69) is 20.5 Å². The van der Waals surface area contributed by atoms with Crippen molar-refractivity contribution in [3.63, 3.8) is 0 Å². The van der Waals surface area contributed by atoms with Crippen LogP contribution in [0.5, 0.6) is 0 Å². The molecule has 9 nitrogen and oxygen atoms in total. The highest BCUT2D eigenvalue weighted by Crippen LogP contribution is 2.39. The molecule has 2 amide bonds. The number of benzene rings is 1. The molecule has 1 aromatic carbocycles. The van der Waals surface area contributed by atoms with Crippen LogP contribution in [0.2, 0.25) is 0 Å². The van der Waals surface area contributed by atoms with E-state index in [4.69, 9.17) is 0 Å². The summed E-state index contributed by atoms with van der Waals surface area (Å²) in [6, 6.07) is 9.15. The number of sulfonamides is 1. The second kappa shape index (κ2) is 6.42. The fourth-order valence-corrected chi connectivity index (χ4v) is 5.65. The summed E-state index contributed by atoms with van der Waals surface area (Å²) in [5.41, 5.74) is 0.849. The molecule has 2 aliphatic rings. The van der Waals surface area contributed by atoms with Crippen LogP contribution in [-0.2, 0) is 10.0 Å². The molecular formula is C18H13N5O4S2. The molecule has 1 saturated carbocycles. The molecule has 1 aliphatic carbocycles. The van der Waals surface area contributed by atoms with Crippen LogP contribution in [0.4, 0.5) is 5.13 Å². The van der Waals surface area contributed by atoms with Gasteiger partial charge in [-0.05, 0) is 43.2 Å². The first-order chi connectivity index (χ1) is 13.9. The third-order valence-electron chi connectivity index (χ3n) is 4.62. The molecule has 3 aromatic rings. The second-order valence-corrected chi connectivity index (χ2v) is 9.39. The quantitative estimate of drug-likeness (QED) is 0.677. The van der Waals surface area contributed by atoms with E-state index in [1.165, 1.54) is 18.2 Å². The standard InChI is InChI=1S/C18H13N5O4S2/c24-15(20-18-22-21-16(28-18)13-3-1-2-8-19-13)10-4-7-12-14(9-10)29(26,27)23(17(12)25)11-5-6-11/h1-4,7-9,11H,5-6H2,(H,20,22,24). The monoisotopic (exact) mass is 427 g/mol. The summed E-state index contributed by atoms with van der Waals surface area (Å²) >= 11 is 1.15. The van der Waals surface area contributed by atoms with Gasteiger partial charge in [0.25, 0.3) is 21.8 Å². The molecule has 3 heterocycles. The lowest BCUT2D eigenvalue weighted by Crippen LogP contribution is -2.31. The summed E-state index contributed by atoms with van der Waals surface area (Å²) < 4.78 is 26.4. The van der Waals surface area contributed by atoms with E-state index < -0.39 is 21.8 Å². The van der Waals surface area contributed by atoms with Crippen LogP contribution in [0, 0.1) is 0 Å². The van der Waals surface area contributed by atoms with Gasteiger partial charge in [-0.3, -0.25) is 19.9 Å². The minimum Gasteiger partial charge on any atom is -0.296 e. The number of carbonyl (C=O) groups is 2. The number of hydrogen-bond donors (Lipinski definition) is 1. The molecule has 0 unspecified atom stereocenters. The molecule has 5 rings (SSSR count). The third kappa shape index (κ3) is 2.98.